The van der Waals surface area contributed by atoms with Crippen molar-refractivity contribution in [3.05, 3.63) is 85.6 Å². The van der Waals surface area contributed by atoms with Crippen molar-refractivity contribution in [3.63, 3.8) is 0 Å². The third kappa shape index (κ3) is 4.14. The van der Waals surface area contributed by atoms with Crippen LogP contribution < -0.4 is 10.9 Å². The molecule has 0 spiro atoms. The van der Waals surface area contributed by atoms with Crippen molar-refractivity contribution in [3.8, 4) is 17.3 Å². The Balaban J connectivity index is 1.61. The number of thiazole rings is 1. The van der Waals surface area contributed by atoms with Gasteiger partial charge in [-0.1, -0.05) is 28.1 Å². The monoisotopic (exact) mass is 463 g/mol. The van der Waals surface area contributed by atoms with Crippen LogP contribution in [-0.2, 0) is 0 Å². The zero-order valence-electron chi connectivity index (χ0n) is 15.3. The summed E-state index contributed by atoms with van der Waals surface area (Å²) in [5.41, 5.74) is 3.90. The zero-order chi connectivity index (χ0) is 20.4. The number of rotatable bonds is 4. The number of nitriles is 1. The minimum absolute atomic E-state index is 0.386. The molecule has 29 heavy (non-hydrogen) atoms. The maximum Gasteiger partial charge on any atom is 0.336 e. The maximum absolute atomic E-state index is 11.6. The van der Waals surface area contributed by atoms with E-state index in [-0.39, 0.29) is 5.63 Å². The third-order valence-electron chi connectivity index (χ3n) is 4.31. The van der Waals surface area contributed by atoms with Gasteiger partial charge in [0.1, 0.15) is 22.2 Å². The molecule has 0 aliphatic heterocycles. The average Bonchev–Trinajstić information content (AvgIpc) is 3.18. The van der Waals surface area contributed by atoms with Gasteiger partial charge in [0, 0.05) is 44.8 Å². The molecule has 0 aliphatic rings. The standard InChI is InChI=1S/C22H14BrN3O2S/c1-13-7-21(27)28-20-9-17(5-6-18(13)20)25-11-15(10-24)22-26-19(12-29-22)14-3-2-4-16(23)8-14/h2-9,11-12,25H,1H3/b15-11+. The molecule has 5 nitrogen and oxygen atoms in total. The average molecular weight is 464 g/mol. The van der Waals surface area contributed by atoms with E-state index in [1.165, 1.54) is 17.4 Å². The van der Waals surface area contributed by atoms with Crippen molar-refractivity contribution in [2.75, 3.05) is 5.32 Å². The molecule has 2 aromatic heterocycles. The van der Waals surface area contributed by atoms with E-state index in [0.29, 0.717) is 21.9 Å². The fraction of sp³-hybridized carbons (Fsp3) is 0.0455. The van der Waals surface area contributed by atoms with E-state index in [1.807, 2.05) is 48.7 Å². The normalized spacial score (nSPS) is 11.4. The fourth-order valence-electron chi connectivity index (χ4n) is 2.89. The lowest BCUT2D eigenvalue weighted by Gasteiger charge is -2.05. The van der Waals surface area contributed by atoms with Gasteiger partial charge in [-0.25, -0.2) is 9.78 Å². The van der Waals surface area contributed by atoms with Gasteiger partial charge in [0.15, 0.2) is 0 Å². The Morgan fingerprint density at radius 2 is 2.14 bits per heavy atom. The lowest BCUT2D eigenvalue weighted by Crippen LogP contribution is -1.98. The van der Waals surface area contributed by atoms with Crippen molar-refractivity contribution in [1.29, 1.82) is 5.26 Å². The van der Waals surface area contributed by atoms with Gasteiger partial charge >= 0.3 is 5.63 Å². The lowest BCUT2D eigenvalue weighted by molar-refractivity contribution is 0.560. The quantitative estimate of drug-likeness (QED) is 0.298. The maximum atomic E-state index is 11.6. The predicted octanol–water partition coefficient (Wildman–Crippen LogP) is 5.96. The molecule has 4 aromatic rings. The first-order valence-corrected chi connectivity index (χ1v) is 10.3. The summed E-state index contributed by atoms with van der Waals surface area (Å²) >= 11 is 4.87. The minimum atomic E-state index is -0.386. The molecule has 0 atom stereocenters. The van der Waals surface area contributed by atoms with Crippen LogP contribution in [-0.4, -0.2) is 4.98 Å². The number of nitrogens with one attached hydrogen (secondary N) is 1. The Kier molecular flexibility index (Phi) is 5.30. The van der Waals surface area contributed by atoms with Gasteiger partial charge in [0.2, 0.25) is 0 Å². The Morgan fingerprint density at radius 3 is 2.93 bits per heavy atom. The lowest BCUT2D eigenvalue weighted by atomic mass is 10.1. The fourth-order valence-corrected chi connectivity index (χ4v) is 4.08. The number of fused-ring (bicyclic) bond motifs is 1. The van der Waals surface area contributed by atoms with Crippen molar-refractivity contribution < 1.29 is 4.42 Å². The second-order valence-electron chi connectivity index (χ2n) is 6.32. The number of anilines is 1. The third-order valence-corrected chi connectivity index (χ3v) is 5.68. The Bertz CT molecular complexity index is 1350. The summed E-state index contributed by atoms with van der Waals surface area (Å²) in [6.07, 6.45) is 1.61. The Hall–Kier alpha value is -3.21. The number of hydrogen-bond acceptors (Lipinski definition) is 6. The number of aromatic nitrogens is 1. The summed E-state index contributed by atoms with van der Waals surface area (Å²) in [6, 6.07) is 17.0. The second-order valence-corrected chi connectivity index (χ2v) is 8.10. The van der Waals surface area contributed by atoms with Crippen molar-refractivity contribution in [1.82, 2.24) is 4.98 Å². The highest BCUT2D eigenvalue weighted by atomic mass is 79.9. The number of halogens is 1. The molecule has 0 saturated heterocycles. The molecule has 4 rings (SSSR count). The van der Waals surface area contributed by atoms with Crippen LogP contribution in [0.4, 0.5) is 5.69 Å². The van der Waals surface area contributed by atoms with Crippen molar-refractivity contribution in [2.45, 2.75) is 6.92 Å². The Labute approximate surface area is 179 Å². The molecule has 0 saturated carbocycles. The van der Waals surface area contributed by atoms with Gasteiger partial charge in [-0.05, 0) is 36.8 Å². The summed E-state index contributed by atoms with van der Waals surface area (Å²) in [7, 11) is 0. The van der Waals surface area contributed by atoms with Crippen LogP contribution in [0, 0.1) is 18.3 Å². The highest BCUT2D eigenvalue weighted by Crippen LogP contribution is 2.28. The smallest absolute Gasteiger partial charge is 0.336 e. The molecule has 0 unspecified atom stereocenters. The van der Waals surface area contributed by atoms with Crippen LogP contribution in [0.1, 0.15) is 10.6 Å². The number of hydrogen-bond donors (Lipinski definition) is 1. The highest BCUT2D eigenvalue weighted by Gasteiger charge is 2.10. The van der Waals surface area contributed by atoms with E-state index in [4.69, 9.17) is 4.42 Å². The molecule has 0 fully saturated rings. The van der Waals surface area contributed by atoms with Gasteiger partial charge in [-0.3, -0.25) is 0 Å². The largest absolute Gasteiger partial charge is 0.423 e. The van der Waals surface area contributed by atoms with Gasteiger partial charge in [-0.2, -0.15) is 5.26 Å². The summed E-state index contributed by atoms with van der Waals surface area (Å²) < 4.78 is 6.24. The number of nitrogens with zero attached hydrogens (tertiary/aromatic N) is 2. The summed E-state index contributed by atoms with van der Waals surface area (Å²) in [5, 5.41) is 16.1. The van der Waals surface area contributed by atoms with Gasteiger partial charge in [0.25, 0.3) is 0 Å². The van der Waals surface area contributed by atoms with E-state index in [1.54, 1.807) is 12.3 Å². The van der Waals surface area contributed by atoms with E-state index in [0.717, 1.165) is 26.7 Å². The molecule has 0 aliphatic carbocycles. The van der Waals surface area contributed by atoms with Crippen molar-refractivity contribution >= 4 is 49.5 Å². The minimum Gasteiger partial charge on any atom is -0.423 e. The molecule has 1 N–H and O–H groups in total. The second kappa shape index (κ2) is 8.03. The van der Waals surface area contributed by atoms with Crippen LogP contribution in [0.15, 0.2) is 73.8 Å². The molecule has 0 bridgehead atoms. The first kappa shape index (κ1) is 19.1. The van der Waals surface area contributed by atoms with Crippen LogP contribution in [0.3, 0.4) is 0 Å². The topological polar surface area (TPSA) is 78.9 Å². The van der Waals surface area contributed by atoms with Gasteiger partial charge < -0.3 is 9.73 Å². The molecule has 2 heterocycles. The van der Waals surface area contributed by atoms with E-state index in [2.05, 4.69) is 32.3 Å². The zero-order valence-corrected chi connectivity index (χ0v) is 17.7. The first-order valence-electron chi connectivity index (χ1n) is 8.66. The molecule has 7 heteroatoms. The van der Waals surface area contributed by atoms with E-state index in [9.17, 15) is 10.1 Å². The predicted molar refractivity (Wildman–Crippen MR) is 120 cm³/mol. The van der Waals surface area contributed by atoms with Gasteiger partial charge in [-0.15, -0.1) is 11.3 Å². The van der Waals surface area contributed by atoms with Crippen LogP contribution in [0.2, 0.25) is 0 Å². The molecular weight excluding hydrogens is 450 g/mol. The molecule has 2 aromatic carbocycles. The van der Waals surface area contributed by atoms with Crippen LogP contribution in [0.25, 0.3) is 27.8 Å². The summed E-state index contributed by atoms with van der Waals surface area (Å²) in [6.45, 7) is 1.87. The molecule has 142 valence electrons. The Morgan fingerprint density at radius 1 is 1.28 bits per heavy atom. The molecule has 0 amide bonds. The van der Waals surface area contributed by atoms with Crippen LogP contribution >= 0.6 is 27.3 Å². The van der Waals surface area contributed by atoms with E-state index < -0.39 is 0 Å². The highest BCUT2D eigenvalue weighted by molar-refractivity contribution is 9.10. The SMILES string of the molecule is Cc1cc(=O)oc2cc(N/C=C(\C#N)c3nc(-c4cccc(Br)c4)cs3)ccc12. The first-order chi connectivity index (χ1) is 14.0. The number of benzene rings is 2. The van der Waals surface area contributed by atoms with E-state index >= 15 is 0 Å². The molecule has 0 radical (unpaired) electrons. The van der Waals surface area contributed by atoms with Crippen LogP contribution in [0.5, 0.6) is 0 Å². The molecular formula is C22H14BrN3O2S. The van der Waals surface area contributed by atoms with Gasteiger partial charge in [0.05, 0.1) is 5.69 Å². The number of allylic oxidation sites excluding steroid dienone is 1. The summed E-state index contributed by atoms with van der Waals surface area (Å²) in [4.78, 5) is 16.2. The summed E-state index contributed by atoms with van der Waals surface area (Å²) in [5.74, 6) is 0. The number of aryl methyl sites for hydroxylation is 1. The van der Waals surface area contributed by atoms with Crippen molar-refractivity contribution in [2.24, 2.45) is 0 Å².